The van der Waals surface area contributed by atoms with Crippen LogP contribution in [0.1, 0.15) is 36.0 Å². The minimum Gasteiger partial charge on any atom is -0.390 e. The number of benzene rings is 1. The molecule has 0 amide bonds. The van der Waals surface area contributed by atoms with Crippen LogP contribution in [0.2, 0.25) is 0 Å². The van der Waals surface area contributed by atoms with Crippen LogP contribution >= 0.6 is 0 Å². The van der Waals surface area contributed by atoms with Crippen molar-refractivity contribution in [3.05, 3.63) is 36.0 Å². The molecule has 1 fully saturated rings. The predicted molar refractivity (Wildman–Crippen MR) is 88.2 cm³/mol. The Morgan fingerprint density at radius 3 is 2.55 bits per heavy atom. The topological polar surface area (TPSA) is 45.5 Å². The van der Waals surface area contributed by atoms with Gasteiger partial charge < -0.3 is 14.6 Å². The summed E-state index contributed by atoms with van der Waals surface area (Å²) in [7, 11) is 0. The molecular formula is C18H24N2O2. The first-order chi connectivity index (χ1) is 10.8. The summed E-state index contributed by atoms with van der Waals surface area (Å²) in [4.78, 5) is 13.6. The summed E-state index contributed by atoms with van der Waals surface area (Å²) in [5, 5.41) is 11.4. The van der Waals surface area contributed by atoms with E-state index < -0.39 is 6.10 Å². The fourth-order valence-corrected chi connectivity index (χ4v) is 3.42. The summed E-state index contributed by atoms with van der Waals surface area (Å²) in [5.74, 6) is 0. The van der Waals surface area contributed by atoms with Gasteiger partial charge in [-0.1, -0.05) is 31.0 Å². The van der Waals surface area contributed by atoms with E-state index in [0.717, 1.165) is 30.3 Å². The summed E-state index contributed by atoms with van der Waals surface area (Å²) >= 11 is 0. The largest absolute Gasteiger partial charge is 0.390 e. The number of hydrogen-bond donors (Lipinski definition) is 1. The van der Waals surface area contributed by atoms with E-state index in [1.165, 1.54) is 25.7 Å². The van der Waals surface area contributed by atoms with E-state index in [-0.39, 0.29) is 0 Å². The number of para-hydroxylation sites is 1. The zero-order chi connectivity index (χ0) is 15.4. The lowest BCUT2D eigenvalue weighted by Crippen LogP contribution is -2.35. The highest BCUT2D eigenvalue weighted by Gasteiger charge is 2.16. The second-order valence-electron chi connectivity index (χ2n) is 6.24. The molecular weight excluding hydrogens is 276 g/mol. The van der Waals surface area contributed by atoms with Gasteiger partial charge in [0.2, 0.25) is 0 Å². The molecule has 0 radical (unpaired) electrons. The van der Waals surface area contributed by atoms with Gasteiger partial charge in [0.15, 0.2) is 6.29 Å². The first kappa shape index (κ1) is 15.3. The number of likely N-dealkylation sites (tertiary alicyclic amines) is 1. The second kappa shape index (κ2) is 7.07. The number of rotatable bonds is 5. The van der Waals surface area contributed by atoms with Crippen LogP contribution in [0.25, 0.3) is 10.9 Å². The third kappa shape index (κ3) is 3.39. The first-order valence-electron chi connectivity index (χ1n) is 8.21. The van der Waals surface area contributed by atoms with Gasteiger partial charge in [-0.05, 0) is 32.0 Å². The third-order valence-corrected chi connectivity index (χ3v) is 4.52. The summed E-state index contributed by atoms with van der Waals surface area (Å²) in [6, 6.07) is 7.86. The maximum absolute atomic E-state index is 11.2. The Morgan fingerprint density at radius 1 is 1.09 bits per heavy atom. The molecule has 2 aromatic rings. The number of carbonyl (C=O) groups excluding carboxylic acids is 1. The van der Waals surface area contributed by atoms with Crippen LogP contribution in [-0.4, -0.2) is 46.6 Å². The molecule has 1 aliphatic heterocycles. The Kier molecular flexibility index (Phi) is 4.90. The maximum Gasteiger partial charge on any atom is 0.152 e. The number of aliphatic hydroxyl groups is 1. The highest BCUT2D eigenvalue weighted by Crippen LogP contribution is 2.20. The lowest BCUT2D eigenvalue weighted by atomic mass is 10.2. The van der Waals surface area contributed by atoms with Gasteiger partial charge in [-0.15, -0.1) is 0 Å². The SMILES string of the molecule is O=Cc1cn(C[C@@H](O)CN2CCCCCC2)c2ccccc12. The fourth-order valence-electron chi connectivity index (χ4n) is 3.42. The Labute approximate surface area is 131 Å². The summed E-state index contributed by atoms with van der Waals surface area (Å²) in [5.41, 5.74) is 1.71. The molecule has 0 spiro atoms. The van der Waals surface area contributed by atoms with Crippen LogP contribution in [0.3, 0.4) is 0 Å². The molecule has 3 rings (SSSR count). The number of nitrogens with zero attached hydrogens (tertiary/aromatic N) is 2. The second-order valence-corrected chi connectivity index (χ2v) is 6.24. The number of hydrogen-bond acceptors (Lipinski definition) is 3. The normalized spacial score (nSPS) is 18.2. The van der Waals surface area contributed by atoms with Crippen LogP contribution in [0.4, 0.5) is 0 Å². The number of fused-ring (bicyclic) bond motifs is 1. The smallest absolute Gasteiger partial charge is 0.152 e. The van der Waals surface area contributed by atoms with E-state index in [1.54, 1.807) is 0 Å². The molecule has 4 nitrogen and oxygen atoms in total. The Hall–Kier alpha value is -1.65. The van der Waals surface area contributed by atoms with Gasteiger partial charge in [-0.25, -0.2) is 0 Å². The van der Waals surface area contributed by atoms with Crippen LogP contribution in [0, 0.1) is 0 Å². The van der Waals surface area contributed by atoms with Crippen LogP contribution < -0.4 is 0 Å². The van der Waals surface area contributed by atoms with Gasteiger partial charge in [0.05, 0.1) is 6.10 Å². The Balaban J connectivity index is 1.70. The van der Waals surface area contributed by atoms with Crippen molar-refractivity contribution in [3.8, 4) is 0 Å². The summed E-state index contributed by atoms with van der Waals surface area (Å²) < 4.78 is 2.00. The molecule has 0 bridgehead atoms. The van der Waals surface area contributed by atoms with Crippen molar-refractivity contribution >= 4 is 17.2 Å². The average molecular weight is 300 g/mol. The van der Waals surface area contributed by atoms with Crippen LogP contribution in [0.15, 0.2) is 30.5 Å². The molecule has 1 atom stereocenters. The van der Waals surface area contributed by atoms with Crippen molar-refractivity contribution in [3.63, 3.8) is 0 Å². The van der Waals surface area contributed by atoms with Crippen molar-refractivity contribution in [2.24, 2.45) is 0 Å². The minimum atomic E-state index is -0.409. The van der Waals surface area contributed by atoms with Gasteiger partial charge in [-0.3, -0.25) is 4.79 Å². The molecule has 4 heteroatoms. The van der Waals surface area contributed by atoms with Gasteiger partial charge in [0.25, 0.3) is 0 Å². The maximum atomic E-state index is 11.2. The lowest BCUT2D eigenvalue weighted by Gasteiger charge is -2.23. The number of carbonyl (C=O) groups is 1. The first-order valence-corrected chi connectivity index (χ1v) is 8.21. The minimum absolute atomic E-state index is 0.409. The van der Waals surface area contributed by atoms with Crippen molar-refractivity contribution in [1.82, 2.24) is 9.47 Å². The highest BCUT2D eigenvalue weighted by molar-refractivity contribution is 5.97. The molecule has 0 unspecified atom stereocenters. The molecule has 1 aromatic carbocycles. The molecule has 1 aliphatic rings. The molecule has 1 saturated heterocycles. The van der Waals surface area contributed by atoms with E-state index in [2.05, 4.69) is 4.90 Å². The van der Waals surface area contributed by atoms with Crippen molar-refractivity contribution < 1.29 is 9.90 Å². The molecule has 0 aliphatic carbocycles. The predicted octanol–water partition coefficient (Wildman–Crippen LogP) is 2.69. The van der Waals surface area contributed by atoms with Gasteiger partial charge >= 0.3 is 0 Å². The molecule has 0 saturated carbocycles. The molecule has 22 heavy (non-hydrogen) atoms. The zero-order valence-electron chi connectivity index (χ0n) is 12.9. The van der Waals surface area contributed by atoms with Crippen molar-refractivity contribution in [2.75, 3.05) is 19.6 Å². The fraction of sp³-hybridized carbons (Fsp3) is 0.500. The van der Waals surface area contributed by atoms with Crippen molar-refractivity contribution in [2.45, 2.75) is 38.3 Å². The van der Waals surface area contributed by atoms with Gasteiger partial charge in [0.1, 0.15) is 0 Å². The van der Waals surface area contributed by atoms with Crippen molar-refractivity contribution in [1.29, 1.82) is 0 Å². The zero-order valence-corrected chi connectivity index (χ0v) is 12.9. The van der Waals surface area contributed by atoms with Crippen LogP contribution in [-0.2, 0) is 6.54 Å². The molecule has 1 N–H and O–H groups in total. The quantitative estimate of drug-likeness (QED) is 0.864. The molecule has 2 heterocycles. The summed E-state index contributed by atoms with van der Waals surface area (Å²) in [6.07, 6.45) is 7.40. The lowest BCUT2D eigenvalue weighted by molar-refractivity contribution is 0.100. The molecule has 118 valence electrons. The Morgan fingerprint density at radius 2 is 1.82 bits per heavy atom. The van der Waals surface area contributed by atoms with E-state index in [4.69, 9.17) is 0 Å². The standard InChI is InChI=1S/C18H24N2O2/c21-14-15-11-20(18-8-4-3-7-17(15)18)13-16(22)12-19-9-5-1-2-6-10-19/h3-4,7-8,11,14,16,22H,1-2,5-6,9-10,12-13H2/t16-/m0/s1. The number of β-amino-alcohol motifs (C(OH)–C–C–N with tert-alkyl or cyclic N) is 1. The average Bonchev–Trinajstić information content (AvgIpc) is 2.70. The van der Waals surface area contributed by atoms with E-state index in [1.807, 2.05) is 35.0 Å². The molecule has 1 aromatic heterocycles. The van der Waals surface area contributed by atoms with Gasteiger partial charge in [0, 0.05) is 35.8 Å². The van der Waals surface area contributed by atoms with Gasteiger partial charge in [-0.2, -0.15) is 0 Å². The van der Waals surface area contributed by atoms with E-state index in [0.29, 0.717) is 18.7 Å². The third-order valence-electron chi connectivity index (χ3n) is 4.52. The van der Waals surface area contributed by atoms with E-state index >= 15 is 0 Å². The number of aromatic nitrogens is 1. The monoisotopic (exact) mass is 300 g/mol. The Bertz CT molecular complexity index is 627. The van der Waals surface area contributed by atoms with Crippen LogP contribution in [0.5, 0.6) is 0 Å². The highest BCUT2D eigenvalue weighted by atomic mass is 16.3. The number of aldehydes is 1. The number of aliphatic hydroxyl groups excluding tert-OH is 1. The van der Waals surface area contributed by atoms with E-state index in [9.17, 15) is 9.90 Å². The summed E-state index contributed by atoms with van der Waals surface area (Å²) in [6.45, 7) is 3.42.